The second kappa shape index (κ2) is 16.1. The molecule has 0 saturated carbocycles. The van der Waals surface area contributed by atoms with Crippen LogP contribution in [0.3, 0.4) is 0 Å². The minimum atomic E-state index is -1.58. The molecule has 2 atom stereocenters. The van der Waals surface area contributed by atoms with E-state index in [0.29, 0.717) is 6.42 Å². The average molecular weight is 360 g/mol. The number of carbonyl (C=O) groups is 2. The van der Waals surface area contributed by atoms with Gasteiger partial charge >= 0.3 is 59.1 Å². The number of hydrogen-bond acceptors (Lipinski definition) is 6. The van der Waals surface area contributed by atoms with Crippen molar-refractivity contribution in [3.8, 4) is 0 Å². The van der Waals surface area contributed by atoms with Crippen LogP contribution in [0.4, 0.5) is 0 Å². The number of hydrogen-bond donors (Lipinski definition) is 0. The fourth-order valence-electron chi connectivity index (χ4n) is 2.62. The molecular weight excluding hydrogens is 334 g/mol. The zero-order chi connectivity index (χ0) is 16.4. The van der Waals surface area contributed by atoms with Crippen LogP contribution in [0.1, 0.15) is 71.1 Å². The van der Waals surface area contributed by atoms with Gasteiger partial charge in [0.1, 0.15) is 12.2 Å². The Morgan fingerprint density at radius 2 is 1.12 bits per heavy atom. The van der Waals surface area contributed by atoms with Crippen LogP contribution in [0.25, 0.3) is 0 Å². The van der Waals surface area contributed by atoms with E-state index in [-0.39, 0.29) is 59.1 Å². The standard InChI is InChI=1S/C16H28O6.2Na/c1-2-3-4-5-6-7-8-9-10-11-12-21-13(15(17)18)14(22-12)16(19)20;;/h12-14H,2-11H2,1H3,(H,17,18)(H,19,20);;/q;2*+1/p-2/t13-,14-;;/m1../s1. The van der Waals surface area contributed by atoms with Gasteiger partial charge in [-0.1, -0.05) is 58.3 Å². The largest absolute Gasteiger partial charge is 1.00 e. The fourth-order valence-corrected chi connectivity index (χ4v) is 2.62. The third kappa shape index (κ3) is 10.8. The van der Waals surface area contributed by atoms with E-state index in [1.54, 1.807) is 0 Å². The van der Waals surface area contributed by atoms with E-state index >= 15 is 0 Å². The molecule has 0 N–H and O–H groups in total. The van der Waals surface area contributed by atoms with Gasteiger partial charge in [-0.15, -0.1) is 0 Å². The van der Waals surface area contributed by atoms with Gasteiger partial charge < -0.3 is 29.3 Å². The van der Waals surface area contributed by atoms with Gasteiger partial charge in [0.15, 0.2) is 6.29 Å². The predicted octanol–water partition coefficient (Wildman–Crippen LogP) is -5.47. The number of carbonyl (C=O) groups excluding carboxylic acids is 2. The molecular formula is C16H26Na2O6. The molecule has 0 amide bonds. The van der Waals surface area contributed by atoms with E-state index in [0.717, 1.165) is 19.3 Å². The summed E-state index contributed by atoms with van der Waals surface area (Å²) in [5, 5.41) is 21.6. The number of rotatable bonds is 12. The van der Waals surface area contributed by atoms with Crippen molar-refractivity contribution < 1.29 is 88.4 Å². The Hall–Kier alpha value is 0.860. The van der Waals surface area contributed by atoms with Crippen LogP contribution in [0.15, 0.2) is 0 Å². The van der Waals surface area contributed by atoms with Gasteiger partial charge in [0.25, 0.3) is 0 Å². The molecule has 8 heteroatoms. The van der Waals surface area contributed by atoms with Crippen LogP contribution in [0.2, 0.25) is 0 Å². The smallest absolute Gasteiger partial charge is 0.547 e. The Labute approximate surface area is 188 Å². The molecule has 6 nitrogen and oxygen atoms in total. The van der Waals surface area contributed by atoms with Gasteiger partial charge in [-0.25, -0.2) is 0 Å². The van der Waals surface area contributed by atoms with Crippen molar-refractivity contribution in [3.05, 3.63) is 0 Å². The van der Waals surface area contributed by atoms with Crippen LogP contribution >= 0.6 is 0 Å². The third-order valence-electron chi connectivity index (χ3n) is 3.88. The molecule has 0 aromatic rings. The number of ether oxygens (including phenoxy) is 2. The molecule has 0 aliphatic carbocycles. The normalized spacial score (nSPS) is 20.2. The predicted molar refractivity (Wildman–Crippen MR) is 75.4 cm³/mol. The topological polar surface area (TPSA) is 98.7 Å². The van der Waals surface area contributed by atoms with E-state index in [4.69, 9.17) is 9.47 Å². The summed E-state index contributed by atoms with van der Waals surface area (Å²) in [6.45, 7) is 2.20. The van der Waals surface area contributed by atoms with E-state index in [1.807, 2.05) is 0 Å². The van der Waals surface area contributed by atoms with Crippen molar-refractivity contribution >= 4 is 11.9 Å². The van der Waals surface area contributed by atoms with Gasteiger partial charge in [-0.3, -0.25) is 0 Å². The maximum Gasteiger partial charge on any atom is 1.00 e. The summed E-state index contributed by atoms with van der Waals surface area (Å²) in [5.74, 6) is -3.16. The van der Waals surface area contributed by atoms with Crippen molar-refractivity contribution in [2.45, 2.75) is 89.6 Å². The number of unbranched alkanes of at least 4 members (excludes halogenated alkanes) is 8. The van der Waals surface area contributed by atoms with E-state index in [9.17, 15) is 19.8 Å². The average Bonchev–Trinajstić information content (AvgIpc) is 2.90. The first-order valence-electron chi connectivity index (χ1n) is 8.29. The van der Waals surface area contributed by atoms with Gasteiger partial charge in [0.2, 0.25) is 0 Å². The molecule has 1 saturated heterocycles. The monoisotopic (exact) mass is 360 g/mol. The Morgan fingerprint density at radius 3 is 1.50 bits per heavy atom. The van der Waals surface area contributed by atoms with Gasteiger partial charge in [0, 0.05) is 0 Å². The molecule has 0 spiro atoms. The molecule has 0 aromatic carbocycles. The van der Waals surface area contributed by atoms with E-state index in [2.05, 4.69) is 6.92 Å². The van der Waals surface area contributed by atoms with Crippen molar-refractivity contribution in [2.75, 3.05) is 0 Å². The zero-order valence-electron chi connectivity index (χ0n) is 15.3. The molecule has 1 aliphatic heterocycles. The molecule has 1 aliphatic rings. The second-order valence-corrected chi connectivity index (χ2v) is 5.80. The minimum absolute atomic E-state index is 0. The number of carboxylic acid groups (broad SMARTS) is 2. The Morgan fingerprint density at radius 1 is 0.750 bits per heavy atom. The van der Waals surface area contributed by atoms with Crippen molar-refractivity contribution in [1.82, 2.24) is 0 Å². The van der Waals surface area contributed by atoms with Gasteiger partial charge in [-0.05, 0) is 12.8 Å². The molecule has 0 unspecified atom stereocenters. The van der Waals surface area contributed by atoms with Crippen LogP contribution in [0.5, 0.6) is 0 Å². The Kier molecular flexibility index (Phi) is 18.1. The quantitative estimate of drug-likeness (QED) is 0.254. The maximum absolute atomic E-state index is 10.8. The first-order valence-corrected chi connectivity index (χ1v) is 8.29. The molecule has 1 rings (SSSR count). The minimum Gasteiger partial charge on any atom is -0.547 e. The first kappa shape index (κ1) is 27.1. The SMILES string of the molecule is CCCCCCCCCCCC1O[C@@H](C(=O)[O-])[C@H](C(=O)[O-])O1.[Na+].[Na+]. The summed E-state index contributed by atoms with van der Waals surface area (Å²) in [4.78, 5) is 21.6. The van der Waals surface area contributed by atoms with Crippen molar-refractivity contribution in [3.63, 3.8) is 0 Å². The summed E-state index contributed by atoms with van der Waals surface area (Å²) in [5.41, 5.74) is 0. The fraction of sp³-hybridized carbons (Fsp3) is 0.875. The van der Waals surface area contributed by atoms with Crippen LogP contribution in [-0.2, 0) is 19.1 Å². The zero-order valence-corrected chi connectivity index (χ0v) is 19.3. The summed E-state index contributed by atoms with van der Waals surface area (Å²) in [6.07, 6.45) is 7.06. The van der Waals surface area contributed by atoms with Gasteiger partial charge in [-0.2, -0.15) is 0 Å². The summed E-state index contributed by atoms with van der Waals surface area (Å²) < 4.78 is 10.1. The summed E-state index contributed by atoms with van der Waals surface area (Å²) in [7, 11) is 0. The molecule has 1 heterocycles. The van der Waals surface area contributed by atoms with Crippen LogP contribution < -0.4 is 69.3 Å². The molecule has 0 aromatic heterocycles. The molecule has 128 valence electrons. The summed E-state index contributed by atoms with van der Waals surface area (Å²) >= 11 is 0. The van der Waals surface area contributed by atoms with Crippen LogP contribution in [-0.4, -0.2) is 30.4 Å². The summed E-state index contributed by atoms with van der Waals surface area (Å²) in [6, 6.07) is 0. The second-order valence-electron chi connectivity index (χ2n) is 5.80. The number of aliphatic carboxylic acids is 2. The number of carboxylic acids is 2. The van der Waals surface area contributed by atoms with Crippen molar-refractivity contribution in [1.29, 1.82) is 0 Å². The Balaban J connectivity index is 0. The van der Waals surface area contributed by atoms with Crippen molar-refractivity contribution in [2.24, 2.45) is 0 Å². The molecule has 1 fully saturated rings. The maximum atomic E-state index is 10.8. The Bertz CT molecular complexity index is 331. The van der Waals surface area contributed by atoms with E-state index in [1.165, 1.54) is 38.5 Å². The third-order valence-corrected chi connectivity index (χ3v) is 3.88. The first-order chi connectivity index (χ1) is 10.6. The molecule has 24 heavy (non-hydrogen) atoms. The molecule has 0 bridgehead atoms. The molecule has 0 radical (unpaired) electrons. The van der Waals surface area contributed by atoms with Gasteiger partial charge in [0.05, 0.1) is 11.9 Å². The van der Waals surface area contributed by atoms with Crippen LogP contribution in [0, 0.1) is 0 Å². The van der Waals surface area contributed by atoms with E-state index < -0.39 is 30.4 Å².